The second kappa shape index (κ2) is 45.7. The third-order valence-electron chi connectivity index (χ3n) is 17.6. The molecule has 0 bridgehead atoms. The Morgan fingerprint density at radius 3 is 1.21 bits per heavy atom. The molecule has 0 unspecified atom stereocenters. The number of likely N-dealkylation sites (tertiary alicyclic amines) is 1. The van der Waals surface area contributed by atoms with E-state index in [2.05, 4.69) is 61.5 Å². The average Bonchev–Trinajstić information content (AvgIpc) is 1.74. The lowest BCUT2D eigenvalue weighted by atomic mass is 9.96. The summed E-state index contributed by atoms with van der Waals surface area (Å²) in [5, 5.41) is 72.5. The summed E-state index contributed by atoms with van der Waals surface area (Å²) in [5.41, 5.74) is 11.1. The van der Waals surface area contributed by atoms with Gasteiger partial charge in [-0.05, 0) is 97.7 Å². The predicted octanol–water partition coefficient (Wildman–Crippen LogP) is -3.61. The minimum atomic E-state index is -5.10. The Labute approximate surface area is 658 Å². The minimum absolute atomic E-state index is 0.0581. The van der Waals surface area contributed by atoms with E-state index in [1.54, 1.807) is 39.0 Å². The summed E-state index contributed by atoms with van der Waals surface area (Å²) in [6, 6.07) is -2.92. The highest BCUT2D eigenvalue weighted by atomic mass is 32.3. The number of aliphatic carboxylic acids is 5. The largest absolute Gasteiger partial charge is 0.481 e. The number of carboxylic acid groups (broad SMARTS) is 5. The van der Waals surface area contributed by atoms with Crippen LogP contribution < -0.4 is 73.0 Å². The number of carboxylic acids is 5. The van der Waals surface area contributed by atoms with Crippen LogP contribution in [0.25, 0.3) is 0 Å². The Balaban J connectivity index is 1.74. The van der Waals surface area contributed by atoms with Crippen LogP contribution in [0.1, 0.15) is 128 Å². The summed E-state index contributed by atoms with van der Waals surface area (Å²) in [6.07, 6.45) is -8.42. The first-order valence-corrected chi connectivity index (χ1v) is 38.6. The summed E-state index contributed by atoms with van der Waals surface area (Å²) < 4.78 is 73.8. The molecule has 1 aliphatic heterocycles. The molecule has 3 aromatic carbocycles. The van der Waals surface area contributed by atoms with E-state index >= 15 is 0 Å². The molecule has 12 amide bonds. The van der Waals surface area contributed by atoms with Gasteiger partial charge in [0.1, 0.15) is 78.0 Å². The highest BCUT2D eigenvalue weighted by Gasteiger charge is 2.43. The molecular formula is C70H95N13O30S2. The SMILES string of the molecule is CC[C@H](C)[C@H](NC(=O)[C@H](CCC(=O)O)NC(=O)[C@H](CCC(=O)O)NC(=O)[C@H](Cc1ccccc1)NC(=O)[C@H](CC(=O)O)NC(=O)CN)C(=O)N1CCC[C@H]1C(=O)N[C@@H](CCC(=O)O)C(=O)N[C@@H](Cc1ccc(OS(=O)(=O)O)cc1)C(=O)N[C@@H](Cc1ccc(OS(=O)(=O)O)cc1)C(=O)N[C@@H](CC(C)C)C(=O)N[C@@H](CCC(N)=O)C(=O)O. The zero-order chi connectivity index (χ0) is 86.2. The fourth-order valence-corrected chi connectivity index (χ4v) is 12.3. The van der Waals surface area contributed by atoms with Crippen LogP contribution in [0.15, 0.2) is 78.9 Å². The van der Waals surface area contributed by atoms with Crippen LogP contribution in [0.2, 0.25) is 0 Å². The zero-order valence-corrected chi connectivity index (χ0v) is 64.3. The van der Waals surface area contributed by atoms with Gasteiger partial charge < -0.3 is 103 Å². The molecule has 1 aliphatic rings. The van der Waals surface area contributed by atoms with Crippen molar-refractivity contribution in [1.82, 2.24) is 58.1 Å². The maximum atomic E-state index is 15.0. The Hall–Kier alpha value is -12.0. The molecule has 43 nitrogen and oxygen atoms in total. The molecule has 0 saturated carbocycles. The van der Waals surface area contributed by atoms with Gasteiger partial charge in [-0.25, -0.2) is 4.79 Å². The average molecular weight is 1660 g/mol. The molecule has 0 radical (unpaired) electrons. The van der Waals surface area contributed by atoms with Gasteiger partial charge in [0, 0.05) is 51.5 Å². The lowest BCUT2D eigenvalue weighted by Crippen LogP contribution is -2.61. The highest BCUT2D eigenvalue weighted by Crippen LogP contribution is 2.24. The number of primary amides is 1. The molecular weight excluding hydrogens is 1570 g/mol. The van der Waals surface area contributed by atoms with E-state index in [1.807, 2.05) is 0 Å². The van der Waals surface area contributed by atoms with E-state index in [9.17, 15) is 133 Å². The molecule has 115 heavy (non-hydrogen) atoms. The molecule has 0 spiro atoms. The number of nitrogens with two attached hydrogens (primary N) is 2. The standard InChI is InChI=1S/C70H95N13O30S2/c1-5-37(4)59(82-62(96)45(24-28-57(90)91)74-60(94)43(22-26-55(86)87)75-64(98)48(31-38-10-7-6-8-11-38)81-67(101)51(34-58(92)93)73-54(85)35-71)69(103)83-29-9-12-52(83)68(102)76-44(23-27-56(88)89)61(95)79-49(32-39-13-17-41(18-14-39)112-114(106,107)108)66(100)80-50(33-40-15-19-42(20-16-40)113-115(109,110)111)65(99)78-47(30-36(2)3)63(97)77-46(70(104)105)21-25-53(72)84/h6-8,10-11,13-20,36-37,43-52,59H,5,9,12,21-35,71H2,1-4H3,(H2,72,84)(H,73,85)(H,74,94)(H,75,98)(H,76,102)(H,77,97)(H,78,99)(H,79,95)(H,80,100)(H,81,101)(H,82,96)(H,86,87)(H,88,89)(H,90,91)(H,92,93)(H,104,105)(H,106,107,108)(H,109,110,111)/t37-,43-,44-,45-,46-,47-,48-,49-,50-,51-,52-,59-/m0/s1. The summed E-state index contributed by atoms with van der Waals surface area (Å²) in [4.78, 5) is 230. The van der Waals surface area contributed by atoms with Crippen molar-refractivity contribution >= 4 is 122 Å². The van der Waals surface area contributed by atoms with Gasteiger partial charge in [-0.3, -0.25) is 85.8 Å². The molecule has 45 heteroatoms. The first kappa shape index (κ1) is 95.4. The second-order valence-corrected chi connectivity index (χ2v) is 29.2. The topological polar surface area (TPSA) is 694 Å². The number of carbonyl (C=O) groups excluding carboxylic acids is 12. The number of nitrogens with one attached hydrogen (secondary N) is 10. The Bertz CT molecular complexity index is 4230. The first-order chi connectivity index (χ1) is 53.8. The van der Waals surface area contributed by atoms with Crippen LogP contribution in [0.4, 0.5) is 0 Å². The summed E-state index contributed by atoms with van der Waals surface area (Å²) in [6.45, 7) is 5.44. The number of amides is 12. The van der Waals surface area contributed by atoms with Gasteiger partial charge in [-0.2, -0.15) is 16.8 Å². The van der Waals surface area contributed by atoms with Crippen molar-refractivity contribution < 1.29 is 141 Å². The number of carbonyl (C=O) groups is 17. The fourth-order valence-electron chi connectivity index (χ4n) is 11.6. The molecule has 3 aromatic rings. The Morgan fingerprint density at radius 1 is 0.461 bits per heavy atom. The van der Waals surface area contributed by atoms with Gasteiger partial charge in [0.2, 0.25) is 70.9 Å². The highest BCUT2D eigenvalue weighted by molar-refractivity contribution is 7.81. The minimum Gasteiger partial charge on any atom is -0.481 e. The number of rotatable bonds is 50. The van der Waals surface area contributed by atoms with Crippen molar-refractivity contribution in [2.24, 2.45) is 23.3 Å². The zero-order valence-electron chi connectivity index (χ0n) is 62.7. The van der Waals surface area contributed by atoms with Gasteiger partial charge >= 0.3 is 50.6 Å². The van der Waals surface area contributed by atoms with E-state index in [-0.39, 0.29) is 49.8 Å². The van der Waals surface area contributed by atoms with E-state index in [4.69, 9.17) is 11.5 Å². The second-order valence-electron chi connectivity index (χ2n) is 27.2. The van der Waals surface area contributed by atoms with Crippen molar-refractivity contribution in [3.63, 3.8) is 0 Å². The number of benzene rings is 3. The monoisotopic (exact) mass is 1660 g/mol. The molecule has 1 heterocycles. The predicted molar refractivity (Wildman–Crippen MR) is 396 cm³/mol. The lowest BCUT2D eigenvalue weighted by molar-refractivity contribution is -0.144. The quantitative estimate of drug-likeness (QED) is 0.0243. The van der Waals surface area contributed by atoms with Gasteiger partial charge in [0.05, 0.1) is 13.0 Å². The first-order valence-electron chi connectivity index (χ1n) is 35.8. The smallest absolute Gasteiger partial charge is 0.446 e. The maximum Gasteiger partial charge on any atom is 0.446 e. The van der Waals surface area contributed by atoms with Crippen LogP contribution in [-0.2, 0) is 122 Å². The van der Waals surface area contributed by atoms with Crippen molar-refractivity contribution in [3.05, 3.63) is 95.6 Å². The van der Waals surface area contributed by atoms with E-state index < -0.39 is 288 Å². The number of nitrogens with zero attached hydrogens (tertiary/aromatic N) is 1. The van der Waals surface area contributed by atoms with Crippen molar-refractivity contribution in [3.8, 4) is 11.5 Å². The molecule has 632 valence electrons. The third-order valence-corrected chi connectivity index (χ3v) is 18.4. The van der Waals surface area contributed by atoms with Crippen molar-refractivity contribution in [2.75, 3.05) is 13.1 Å². The Morgan fingerprint density at radius 2 is 0.826 bits per heavy atom. The summed E-state index contributed by atoms with van der Waals surface area (Å²) >= 11 is 0. The van der Waals surface area contributed by atoms with Crippen LogP contribution in [0.5, 0.6) is 11.5 Å². The molecule has 1 fully saturated rings. The van der Waals surface area contributed by atoms with E-state index in [1.165, 1.54) is 31.2 Å². The number of hydrogen-bond donors (Lipinski definition) is 19. The molecule has 1 saturated heterocycles. The van der Waals surface area contributed by atoms with Crippen molar-refractivity contribution in [2.45, 2.75) is 197 Å². The summed E-state index contributed by atoms with van der Waals surface area (Å²) in [5.74, 6) is -23.5. The van der Waals surface area contributed by atoms with Crippen LogP contribution >= 0.6 is 0 Å². The van der Waals surface area contributed by atoms with Crippen molar-refractivity contribution in [1.29, 1.82) is 0 Å². The van der Waals surface area contributed by atoms with Gasteiger partial charge in [-0.1, -0.05) is 88.7 Å². The van der Waals surface area contributed by atoms with Gasteiger partial charge in [-0.15, -0.1) is 0 Å². The van der Waals surface area contributed by atoms with E-state index in [0.29, 0.717) is 5.56 Å². The van der Waals surface area contributed by atoms with Gasteiger partial charge in [0.15, 0.2) is 0 Å². The molecule has 0 aromatic heterocycles. The van der Waals surface area contributed by atoms with E-state index in [0.717, 1.165) is 41.3 Å². The summed E-state index contributed by atoms with van der Waals surface area (Å²) in [7, 11) is -10.2. The number of hydrogen-bond acceptors (Lipinski definition) is 24. The molecule has 0 aliphatic carbocycles. The molecule has 12 atom stereocenters. The lowest BCUT2D eigenvalue weighted by Gasteiger charge is -2.33. The normalized spacial score (nSPS) is 15.5. The maximum absolute atomic E-state index is 15.0. The fraction of sp³-hybridized carbons (Fsp3) is 0.500. The molecule has 21 N–H and O–H groups in total. The third kappa shape index (κ3) is 34.5. The van der Waals surface area contributed by atoms with Crippen LogP contribution in [0, 0.1) is 11.8 Å². The van der Waals surface area contributed by atoms with Crippen LogP contribution in [-0.4, -0.2) is 237 Å². The van der Waals surface area contributed by atoms with Crippen LogP contribution in [0.3, 0.4) is 0 Å². The molecule has 4 rings (SSSR count). The Kier molecular flexibility index (Phi) is 37.9. The van der Waals surface area contributed by atoms with Gasteiger partial charge in [0.25, 0.3) is 0 Å².